The molecule has 0 N–H and O–H groups in total. The molecule has 0 radical (unpaired) electrons. The van der Waals surface area contributed by atoms with Crippen molar-refractivity contribution < 1.29 is 13.6 Å². The smallest absolute Gasteiger partial charge is 0.290 e. The molecule has 0 atom stereocenters. The molecule has 1 aromatic rings. The Balaban J connectivity index is 2.84. The highest BCUT2D eigenvalue weighted by atomic mass is 32.2. The summed E-state index contributed by atoms with van der Waals surface area (Å²) in [5, 5.41) is 0.0841. The van der Waals surface area contributed by atoms with Crippen LogP contribution in [0.25, 0.3) is 0 Å². The van der Waals surface area contributed by atoms with Gasteiger partial charge in [-0.3, -0.25) is 4.79 Å². The minimum atomic E-state index is -2.58. The number of hydrogen-bond donors (Lipinski definition) is 0. The van der Waals surface area contributed by atoms with Gasteiger partial charge >= 0.3 is 0 Å². The van der Waals surface area contributed by atoms with Gasteiger partial charge in [0.15, 0.2) is 0 Å². The monoisotopic (exact) mass is 274 g/mol. The van der Waals surface area contributed by atoms with E-state index in [-0.39, 0.29) is 16.5 Å². The maximum Gasteiger partial charge on any atom is 0.290 e. The first-order chi connectivity index (χ1) is 8.56. The van der Waals surface area contributed by atoms with Gasteiger partial charge in [0, 0.05) is 19.8 Å². The molecule has 18 heavy (non-hydrogen) atoms. The van der Waals surface area contributed by atoms with Crippen LogP contribution in [-0.4, -0.2) is 35.1 Å². The van der Waals surface area contributed by atoms with Crippen LogP contribution in [0.1, 0.15) is 30.1 Å². The highest BCUT2D eigenvalue weighted by Gasteiger charge is 2.19. The normalized spacial score (nSPS) is 10.7. The average Bonchev–Trinajstić information content (AvgIpc) is 2.35. The fraction of sp³-hybridized carbons (Fsp3) is 0.500. The molecule has 0 fully saturated rings. The van der Waals surface area contributed by atoms with Gasteiger partial charge in [-0.05, 0) is 30.3 Å². The van der Waals surface area contributed by atoms with Crippen LogP contribution < -0.4 is 0 Å². The summed E-state index contributed by atoms with van der Waals surface area (Å²) in [5.74, 6) is -2.84. The maximum atomic E-state index is 12.4. The molecular weight excluding hydrogens is 258 g/mol. The largest absolute Gasteiger partial charge is 0.342 e. The number of hydrogen-bond acceptors (Lipinski definition) is 3. The molecule has 1 heterocycles. The summed E-state index contributed by atoms with van der Waals surface area (Å²) in [7, 11) is 1.67. The number of amides is 1. The van der Waals surface area contributed by atoms with Crippen LogP contribution in [0.3, 0.4) is 0 Å². The fourth-order valence-corrected chi connectivity index (χ4v) is 2.01. The fourth-order valence-electron chi connectivity index (χ4n) is 1.43. The van der Waals surface area contributed by atoms with Crippen LogP contribution in [-0.2, 0) is 0 Å². The molecule has 6 heteroatoms. The molecule has 0 aliphatic carbocycles. The van der Waals surface area contributed by atoms with Crippen LogP contribution in [0.2, 0.25) is 0 Å². The zero-order chi connectivity index (χ0) is 13.5. The Morgan fingerprint density at radius 2 is 2.28 bits per heavy atom. The molecule has 0 aromatic carbocycles. The molecule has 3 nitrogen and oxygen atoms in total. The quantitative estimate of drug-likeness (QED) is 0.746. The summed E-state index contributed by atoms with van der Waals surface area (Å²) in [6.45, 7) is 2.64. The number of pyridine rings is 1. The van der Waals surface area contributed by atoms with E-state index in [1.54, 1.807) is 13.1 Å². The molecule has 0 unspecified atom stereocenters. The topological polar surface area (TPSA) is 33.2 Å². The molecule has 0 aliphatic heterocycles. The van der Waals surface area contributed by atoms with Gasteiger partial charge in [0.05, 0.1) is 5.56 Å². The van der Waals surface area contributed by atoms with Crippen molar-refractivity contribution in [1.29, 1.82) is 0 Å². The minimum absolute atomic E-state index is 0.0841. The van der Waals surface area contributed by atoms with Crippen molar-refractivity contribution in [3.05, 3.63) is 23.9 Å². The lowest BCUT2D eigenvalue weighted by atomic mass is 10.2. The van der Waals surface area contributed by atoms with Crippen molar-refractivity contribution in [2.75, 3.05) is 13.6 Å². The predicted molar refractivity (Wildman–Crippen MR) is 68.0 cm³/mol. The molecule has 1 rings (SSSR count). The number of carbonyl (C=O) groups is 1. The standard InChI is InChI=1S/C12H16F2N2OS/c1-3-4-8-16(2)11(17)9-6-5-7-15-10(9)18-12(13)14/h5-7,12H,3-4,8H2,1-2H3. The second kappa shape index (κ2) is 7.31. The van der Waals surface area contributed by atoms with Crippen LogP contribution >= 0.6 is 11.8 Å². The van der Waals surface area contributed by atoms with Crippen molar-refractivity contribution in [2.24, 2.45) is 0 Å². The van der Waals surface area contributed by atoms with Crippen LogP contribution in [0, 0.1) is 0 Å². The van der Waals surface area contributed by atoms with Crippen LogP contribution in [0.5, 0.6) is 0 Å². The average molecular weight is 274 g/mol. The van der Waals surface area contributed by atoms with Gasteiger partial charge < -0.3 is 4.90 Å². The molecular formula is C12H16F2N2OS. The number of thioether (sulfide) groups is 1. The van der Waals surface area contributed by atoms with Crippen molar-refractivity contribution in [3.63, 3.8) is 0 Å². The maximum absolute atomic E-state index is 12.4. The highest BCUT2D eigenvalue weighted by molar-refractivity contribution is 7.99. The van der Waals surface area contributed by atoms with E-state index in [0.29, 0.717) is 18.3 Å². The molecule has 0 spiro atoms. The molecule has 0 saturated heterocycles. The number of nitrogens with zero attached hydrogens (tertiary/aromatic N) is 2. The van der Waals surface area contributed by atoms with E-state index < -0.39 is 5.76 Å². The van der Waals surface area contributed by atoms with E-state index in [1.165, 1.54) is 17.2 Å². The molecule has 0 bridgehead atoms. The first-order valence-electron chi connectivity index (χ1n) is 5.71. The Hall–Kier alpha value is -1.17. The molecule has 1 aromatic heterocycles. The molecule has 100 valence electrons. The second-order valence-corrected chi connectivity index (χ2v) is 4.79. The lowest BCUT2D eigenvalue weighted by Gasteiger charge is -2.17. The SMILES string of the molecule is CCCCN(C)C(=O)c1cccnc1SC(F)F. The molecule has 0 aliphatic rings. The van der Waals surface area contributed by atoms with Gasteiger partial charge in [-0.1, -0.05) is 13.3 Å². The van der Waals surface area contributed by atoms with Crippen LogP contribution in [0.4, 0.5) is 8.78 Å². The Kier molecular flexibility index (Phi) is 6.04. The summed E-state index contributed by atoms with van der Waals surface area (Å²) in [6, 6.07) is 3.11. The highest BCUT2D eigenvalue weighted by Crippen LogP contribution is 2.26. The molecule has 1 amide bonds. The van der Waals surface area contributed by atoms with Crippen molar-refractivity contribution >= 4 is 17.7 Å². The van der Waals surface area contributed by atoms with E-state index in [9.17, 15) is 13.6 Å². The Morgan fingerprint density at radius 1 is 1.56 bits per heavy atom. The van der Waals surface area contributed by atoms with Crippen molar-refractivity contribution in [3.8, 4) is 0 Å². The third kappa shape index (κ3) is 4.25. The van der Waals surface area contributed by atoms with Gasteiger partial charge in [0.2, 0.25) is 0 Å². The van der Waals surface area contributed by atoms with E-state index in [2.05, 4.69) is 4.98 Å². The third-order valence-electron chi connectivity index (χ3n) is 2.40. The van der Waals surface area contributed by atoms with E-state index >= 15 is 0 Å². The van der Waals surface area contributed by atoms with Gasteiger partial charge in [0.25, 0.3) is 11.7 Å². The van der Waals surface area contributed by atoms with Crippen LogP contribution in [0.15, 0.2) is 23.4 Å². The summed E-state index contributed by atoms with van der Waals surface area (Å²) < 4.78 is 24.7. The van der Waals surface area contributed by atoms with Gasteiger partial charge in [-0.25, -0.2) is 4.98 Å². The molecule has 0 saturated carbocycles. The lowest BCUT2D eigenvalue weighted by Crippen LogP contribution is -2.28. The lowest BCUT2D eigenvalue weighted by molar-refractivity contribution is 0.0789. The Morgan fingerprint density at radius 3 is 2.89 bits per heavy atom. The third-order valence-corrected chi connectivity index (χ3v) is 3.12. The second-order valence-electron chi connectivity index (χ2n) is 3.81. The zero-order valence-electron chi connectivity index (χ0n) is 10.4. The van der Waals surface area contributed by atoms with E-state index in [0.717, 1.165) is 12.8 Å². The van der Waals surface area contributed by atoms with Gasteiger partial charge in [0.1, 0.15) is 5.03 Å². The number of unbranched alkanes of at least 4 members (excludes halogenated alkanes) is 1. The first-order valence-corrected chi connectivity index (χ1v) is 6.59. The van der Waals surface area contributed by atoms with Gasteiger partial charge in [-0.15, -0.1) is 0 Å². The number of halogens is 2. The van der Waals surface area contributed by atoms with Crippen molar-refractivity contribution in [2.45, 2.75) is 30.5 Å². The Labute approximate surface area is 110 Å². The Bertz CT molecular complexity index is 401. The number of aromatic nitrogens is 1. The van der Waals surface area contributed by atoms with Crippen molar-refractivity contribution in [1.82, 2.24) is 9.88 Å². The predicted octanol–water partition coefficient (Wildman–Crippen LogP) is 3.27. The summed E-state index contributed by atoms with van der Waals surface area (Å²) in [4.78, 5) is 17.5. The first kappa shape index (κ1) is 14.9. The van der Waals surface area contributed by atoms with E-state index in [4.69, 9.17) is 0 Å². The number of rotatable bonds is 6. The minimum Gasteiger partial charge on any atom is -0.342 e. The van der Waals surface area contributed by atoms with Gasteiger partial charge in [-0.2, -0.15) is 8.78 Å². The number of alkyl halides is 2. The summed E-state index contributed by atoms with van der Waals surface area (Å²) in [5.41, 5.74) is 0.237. The zero-order valence-corrected chi connectivity index (χ0v) is 11.2. The summed E-state index contributed by atoms with van der Waals surface area (Å²) in [6.07, 6.45) is 3.27. The summed E-state index contributed by atoms with van der Waals surface area (Å²) >= 11 is 0.303. The van der Waals surface area contributed by atoms with E-state index in [1.807, 2.05) is 6.92 Å². The number of carbonyl (C=O) groups excluding carboxylic acids is 1.